The number of amides is 2. The van der Waals surface area contributed by atoms with Gasteiger partial charge >= 0.3 is 0 Å². The van der Waals surface area contributed by atoms with Crippen LogP contribution in [0.4, 0.5) is 15.8 Å². The Hall–Kier alpha value is -2.69. The molecule has 2 fully saturated rings. The molecule has 0 aliphatic heterocycles. The fourth-order valence-electron chi connectivity index (χ4n) is 3.02. The molecule has 2 unspecified atom stereocenters. The fourth-order valence-corrected chi connectivity index (χ4v) is 3.02. The van der Waals surface area contributed by atoms with Gasteiger partial charge in [-0.1, -0.05) is 12.1 Å². The van der Waals surface area contributed by atoms with E-state index in [1.807, 2.05) is 0 Å². The third-order valence-corrected chi connectivity index (χ3v) is 4.79. The maximum Gasteiger partial charge on any atom is 0.228 e. The number of anilines is 2. The van der Waals surface area contributed by atoms with E-state index in [1.54, 1.807) is 36.4 Å². The zero-order valence-corrected chi connectivity index (χ0v) is 13.7. The minimum absolute atomic E-state index is 0.0240. The van der Waals surface area contributed by atoms with Crippen molar-refractivity contribution in [1.82, 2.24) is 0 Å². The highest BCUT2D eigenvalue weighted by Gasteiger charge is 2.43. The van der Waals surface area contributed by atoms with Gasteiger partial charge in [-0.3, -0.25) is 9.59 Å². The Balaban J connectivity index is 1.32. The van der Waals surface area contributed by atoms with E-state index in [2.05, 4.69) is 10.6 Å². The van der Waals surface area contributed by atoms with Gasteiger partial charge in [0.15, 0.2) is 0 Å². The molecule has 2 N–H and O–H groups in total. The number of halogens is 1. The SMILES string of the molecule is O=C(Nc1ccc(NC(=O)C2CC2c2ccc(F)cc2)cc1)C1CC1. The molecule has 128 valence electrons. The zero-order valence-electron chi connectivity index (χ0n) is 13.7. The van der Waals surface area contributed by atoms with Crippen molar-refractivity contribution in [1.29, 1.82) is 0 Å². The summed E-state index contributed by atoms with van der Waals surface area (Å²) in [5.41, 5.74) is 2.45. The van der Waals surface area contributed by atoms with E-state index in [-0.39, 0.29) is 35.4 Å². The van der Waals surface area contributed by atoms with Crippen LogP contribution in [-0.2, 0) is 9.59 Å². The topological polar surface area (TPSA) is 58.2 Å². The second-order valence-electron chi connectivity index (χ2n) is 6.83. The highest BCUT2D eigenvalue weighted by molar-refractivity contribution is 5.96. The number of rotatable bonds is 5. The van der Waals surface area contributed by atoms with Crippen molar-refractivity contribution in [2.24, 2.45) is 11.8 Å². The van der Waals surface area contributed by atoms with Gasteiger partial charge in [0.1, 0.15) is 5.82 Å². The van der Waals surface area contributed by atoms with Gasteiger partial charge in [-0.25, -0.2) is 4.39 Å². The number of carbonyl (C=O) groups is 2. The summed E-state index contributed by atoms with van der Waals surface area (Å²) in [5.74, 6) is 0.0373. The highest BCUT2D eigenvalue weighted by atomic mass is 19.1. The molecular formula is C20H19FN2O2. The van der Waals surface area contributed by atoms with E-state index in [0.29, 0.717) is 5.69 Å². The van der Waals surface area contributed by atoms with Crippen LogP contribution in [0.1, 0.15) is 30.7 Å². The molecule has 2 aliphatic rings. The summed E-state index contributed by atoms with van der Waals surface area (Å²) >= 11 is 0. The standard InChI is InChI=1S/C20H19FN2O2/c21-14-5-3-12(4-6-14)17-11-18(17)20(25)23-16-9-7-15(8-10-16)22-19(24)13-1-2-13/h3-10,13,17-18H,1-2,11H2,(H,22,24)(H,23,25). The maximum atomic E-state index is 13.0. The van der Waals surface area contributed by atoms with Crippen molar-refractivity contribution in [3.05, 3.63) is 59.9 Å². The first-order valence-corrected chi connectivity index (χ1v) is 8.57. The first-order chi connectivity index (χ1) is 12.1. The average molecular weight is 338 g/mol. The smallest absolute Gasteiger partial charge is 0.228 e. The van der Waals surface area contributed by atoms with Crippen LogP contribution < -0.4 is 10.6 Å². The lowest BCUT2D eigenvalue weighted by Gasteiger charge is -2.08. The molecule has 0 radical (unpaired) electrons. The lowest BCUT2D eigenvalue weighted by atomic mass is 10.1. The molecule has 25 heavy (non-hydrogen) atoms. The van der Waals surface area contributed by atoms with E-state index in [0.717, 1.165) is 30.5 Å². The second-order valence-corrected chi connectivity index (χ2v) is 6.83. The van der Waals surface area contributed by atoms with Crippen molar-refractivity contribution >= 4 is 23.2 Å². The third kappa shape index (κ3) is 3.71. The van der Waals surface area contributed by atoms with Crippen molar-refractivity contribution in [2.75, 3.05) is 10.6 Å². The Morgan fingerprint density at radius 1 is 0.840 bits per heavy atom. The number of carbonyl (C=O) groups excluding carboxylic acids is 2. The molecule has 2 aromatic rings. The van der Waals surface area contributed by atoms with Gasteiger partial charge in [0.05, 0.1) is 0 Å². The molecule has 0 saturated heterocycles. The molecule has 0 aromatic heterocycles. The summed E-state index contributed by atoms with van der Waals surface area (Å²) in [5, 5.41) is 5.78. The molecule has 2 amide bonds. The van der Waals surface area contributed by atoms with Gasteiger partial charge in [0.2, 0.25) is 11.8 Å². The molecule has 2 aliphatic carbocycles. The third-order valence-electron chi connectivity index (χ3n) is 4.79. The predicted molar refractivity (Wildman–Crippen MR) is 93.7 cm³/mol. The number of hydrogen-bond acceptors (Lipinski definition) is 2. The van der Waals surface area contributed by atoms with Crippen LogP contribution in [0.3, 0.4) is 0 Å². The molecule has 2 atom stereocenters. The van der Waals surface area contributed by atoms with Crippen LogP contribution in [0.25, 0.3) is 0 Å². The van der Waals surface area contributed by atoms with E-state index in [1.165, 1.54) is 12.1 Å². The summed E-state index contributed by atoms with van der Waals surface area (Å²) in [6, 6.07) is 13.5. The van der Waals surface area contributed by atoms with Gasteiger partial charge in [-0.05, 0) is 67.1 Å². The lowest BCUT2D eigenvalue weighted by molar-refractivity contribution is -0.118. The second kappa shape index (κ2) is 6.31. The van der Waals surface area contributed by atoms with Crippen LogP contribution in [0, 0.1) is 17.7 Å². The largest absolute Gasteiger partial charge is 0.326 e. The van der Waals surface area contributed by atoms with E-state index in [9.17, 15) is 14.0 Å². The quantitative estimate of drug-likeness (QED) is 0.868. The molecule has 4 nitrogen and oxygen atoms in total. The van der Waals surface area contributed by atoms with Gasteiger partial charge in [0.25, 0.3) is 0 Å². The Kier molecular flexibility index (Phi) is 3.99. The van der Waals surface area contributed by atoms with Gasteiger partial charge in [-0.2, -0.15) is 0 Å². The normalized spacial score (nSPS) is 21.5. The lowest BCUT2D eigenvalue weighted by Crippen LogP contribution is -2.15. The summed E-state index contributed by atoms with van der Waals surface area (Å²) in [7, 11) is 0. The monoisotopic (exact) mass is 338 g/mol. The zero-order chi connectivity index (χ0) is 17.4. The van der Waals surface area contributed by atoms with Crippen LogP contribution >= 0.6 is 0 Å². The van der Waals surface area contributed by atoms with E-state index >= 15 is 0 Å². The summed E-state index contributed by atoms with van der Waals surface area (Å²) in [6.07, 6.45) is 2.72. The highest BCUT2D eigenvalue weighted by Crippen LogP contribution is 2.48. The predicted octanol–water partition coefficient (Wildman–Crippen LogP) is 3.92. The Morgan fingerprint density at radius 2 is 1.40 bits per heavy atom. The van der Waals surface area contributed by atoms with Crippen LogP contribution in [0.5, 0.6) is 0 Å². The first kappa shape index (κ1) is 15.8. The number of nitrogens with one attached hydrogen (secondary N) is 2. The van der Waals surface area contributed by atoms with E-state index in [4.69, 9.17) is 0 Å². The van der Waals surface area contributed by atoms with E-state index < -0.39 is 0 Å². The van der Waals surface area contributed by atoms with Crippen molar-refractivity contribution < 1.29 is 14.0 Å². The van der Waals surface area contributed by atoms with Crippen molar-refractivity contribution in [3.8, 4) is 0 Å². The minimum atomic E-state index is -0.265. The van der Waals surface area contributed by atoms with Crippen LogP contribution in [0.2, 0.25) is 0 Å². The molecule has 0 bridgehead atoms. The molecule has 0 heterocycles. The number of hydrogen-bond donors (Lipinski definition) is 2. The molecular weight excluding hydrogens is 319 g/mol. The summed E-state index contributed by atoms with van der Waals surface area (Å²) in [4.78, 5) is 24.1. The molecule has 2 aromatic carbocycles. The van der Waals surface area contributed by atoms with Gasteiger partial charge < -0.3 is 10.6 Å². The molecule has 4 rings (SSSR count). The maximum absolute atomic E-state index is 13.0. The summed E-state index contributed by atoms with van der Waals surface area (Å²) in [6.45, 7) is 0. The molecule has 2 saturated carbocycles. The van der Waals surface area contributed by atoms with Crippen molar-refractivity contribution in [2.45, 2.75) is 25.2 Å². The summed E-state index contributed by atoms with van der Waals surface area (Å²) < 4.78 is 13.0. The molecule has 5 heteroatoms. The number of benzene rings is 2. The first-order valence-electron chi connectivity index (χ1n) is 8.57. The van der Waals surface area contributed by atoms with Gasteiger partial charge in [-0.15, -0.1) is 0 Å². The van der Waals surface area contributed by atoms with Gasteiger partial charge in [0, 0.05) is 23.2 Å². The Bertz CT molecular complexity index is 797. The van der Waals surface area contributed by atoms with Crippen molar-refractivity contribution in [3.63, 3.8) is 0 Å². The average Bonchev–Trinajstić information content (AvgIpc) is 3.49. The van der Waals surface area contributed by atoms with Crippen LogP contribution in [0.15, 0.2) is 48.5 Å². The Morgan fingerprint density at radius 3 is 1.96 bits per heavy atom. The van der Waals surface area contributed by atoms with Crippen LogP contribution in [-0.4, -0.2) is 11.8 Å². The fraction of sp³-hybridized carbons (Fsp3) is 0.300. The molecule has 0 spiro atoms. The minimum Gasteiger partial charge on any atom is -0.326 e. The Labute approximate surface area is 145 Å².